The second-order valence-corrected chi connectivity index (χ2v) is 4.09. The monoisotopic (exact) mass is 236 g/mol. The number of phenolic OH excluding ortho intramolecular Hbond substituents is 1. The predicted octanol–water partition coefficient (Wildman–Crippen LogP) is 0.887. The van der Waals surface area contributed by atoms with Crippen molar-refractivity contribution in [2.24, 2.45) is 5.73 Å². The molecule has 1 heterocycles. The third kappa shape index (κ3) is 2.68. The SMILES string of the molecule is NCC(CN1CCOC1=O)c1cccc(O)c1. The molecule has 1 fully saturated rings. The van der Waals surface area contributed by atoms with Gasteiger partial charge in [-0.05, 0) is 17.7 Å². The van der Waals surface area contributed by atoms with Gasteiger partial charge in [0.2, 0.25) is 0 Å². The number of nitrogens with two attached hydrogens (primary N) is 1. The molecule has 5 heteroatoms. The molecular formula is C12H16N2O3. The third-order valence-corrected chi connectivity index (χ3v) is 2.91. The van der Waals surface area contributed by atoms with Gasteiger partial charge in [0.15, 0.2) is 0 Å². The van der Waals surface area contributed by atoms with Gasteiger partial charge in [-0.25, -0.2) is 4.79 Å². The molecule has 3 N–H and O–H groups in total. The molecule has 0 aliphatic carbocycles. The van der Waals surface area contributed by atoms with Crippen LogP contribution < -0.4 is 5.73 Å². The predicted molar refractivity (Wildman–Crippen MR) is 62.8 cm³/mol. The number of carbonyl (C=O) groups excluding carboxylic acids is 1. The molecule has 1 aliphatic heterocycles. The lowest BCUT2D eigenvalue weighted by Gasteiger charge is -2.21. The van der Waals surface area contributed by atoms with Crippen LogP contribution in [0.25, 0.3) is 0 Å². The topological polar surface area (TPSA) is 75.8 Å². The van der Waals surface area contributed by atoms with Gasteiger partial charge in [0.05, 0.1) is 6.54 Å². The molecule has 0 saturated carbocycles. The molecule has 0 radical (unpaired) electrons. The van der Waals surface area contributed by atoms with E-state index in [9.17, 15) is 9.90 Å². The smallest absolute Gasteiger partial charge is 0.409 e. The molecule has 1 aliphatic rings. The quantitative estimate of drug-likeness (QED) is 0.814. The molecule has 0 bridgehead atoms. The lowest BCUT2D eigenvalue weighted by Crippen LogP contribution is -2.32. The van der Waals surface area contributed by atoms with Crippen molar-refractivity contribution in [1.29, 1.82) is 0 Å². The summed E-state index contributed by atoms with van der Waals surface area (Å²) in [6, 6.07) is 6.97. The van der Waals surface area contributed by atoms with Crippen molar-refractivity contribution in [3.63, 3.8) is 0 Å². The number of carbonyl (C=O) groups is 1. The van der Waals surface area contributed by atoms with Crippen LogP contribution in [0.5, 0.6) is 5.75 Å². The Bertz CT molecular complexity index is 408. The van der Waals surface area contributed by atoms with Gasteiger partial charge in [0.1, 0.15) is 12.4 Å². The summed E-state index contributed by atoms with van der Waals surface area (Å²) in [7, 11) is 0. The van der Waals surface area contributed by atoms with Crippen LogP contribution >= 0.6 is 0 Å². The van der Waals surface area contributed by atoms with Crippen LogP contribution in [-0.4, -0.2) is 42.3 Å². The highest BCUT2D eigenvalue weighted by molar-refractivity contribution is 5.69. The van der Waals surface area contributed by atoms with E-state index in [1.807, 2.05) is 6.07 Å². The van der Waals surface area contributed by atoms with Gasteiger partial charge in [-0.3, -0.25) is 0 Å². The van der Waals surface area contributed by atoms with E-state index in [0.29, 0.717) is 26.2 Å². The van der Waals surface area contributed by atoms with Crippen molar-refractivity contribution in [3.05, 3.63) is 29.8 Å². The van der Waals surface area contributed by atoms with Crippen molar-refractivity contribution >= 4 is 6.09 Å². The van der Waals surface area contributed by atoms with Crippen LogP contribution in [0.2, 0.25) is 0 Å². The van der Waals surface area contributed by atoms with Gasteiger partial charge in [-0.1, -0.05) is 12.1 Å². The molecule has 17 heavy (non-hydrogen) atoms. The van der Waals surface area contributed by atoms with E-state index in [4.69, 9.17) is 10.5 Å². The third-order valence-electron chi connectivity index (χ3n) is 2.91. The molecule has 0 aromatic heterocycles. The standard InChI is InChI=1S/C12H16N2O3/c13-7-10(8-14-4-5-17-12(14)16)9-2-1-3-11(15)6-9/h1-3,6,10,15H,4-5,7-8,13H2. The maximum Gasteiger partial charge on any atom is 0.409 e. The number of aromatic hydroxyl groups is 1. The summed E-state index contributed by atoms with van der Waals surface area (Å²) in [5.74, 6) is 0.234. The number of rotatable bonds is 4. The first-order valence-corrected chi connectivity index (χ1v) is 5.61. The van der Waals surface area contributed by atoms with Crippen molar-refractivity contribution in [2.45, 2.75) is 5.92 Å². The number of phenols is 1. The molecule has 1 unspecified atom stereocenters. The fourth-order valence-corrected chi connectivity index (χ4v) is 1.95. The zero-order valence-corrected chi connectivity index (χ0v) is 9.50. The van der Waals surface area contributed by atoms with Gasteiger partial charge in [-0.2, -0.15) is 0 Å². The van der Waals surface area contributed by atoms with Gasteiger partial charge < -0.3 is 20.5 Å². The lowest BCUT2D eigenvalue weighted by molar-refractivity contribution is 0.157. The van der Waals surface area contributed by atoms with Crippen molar-refractivity contribution in [1.82, 2.24) is 4.90 Å². The Morgan fingerprint density at radius 3 is 2.94 bits per heavy atom. The zero-order valence-electron chi connectivity index (χ0n) is 9.50. The molecule has 1 aromatic carbocycles. The minimum atomic E-state index is -0.288. The normalized spacial score (nSPS) is 17.0. The molecule has 0 spiro atoms. The van der Waals surface area contributed by atoms with Crippen LogP contribution in [-0.2, 0) is 4.74 Å². The number of ether oxygens (including phenoxy) is 1. The summed E-state index contributed by atoms with van der Waals surface area (Å²) >= 11 is 0. The number of hydrogen-bond acceptors (Lipinski definition) is 4. The summed E-state index contributed by atoms with van der Waals surface area (Å²) in [5.41, 5.74) is 6.66. The largest absolute Gasteiger partial charge is 0.508 e. The number of nitrogens with zero attached hydrogens (tertiary/aromatic N) is 1. The first-order valence-electron chi connectivity index (χ1n) is 5.61. The first-order chi connectivity index (χ1) is 8.20. The molecule has 92 valence electrons. The Hall–Kier alpha value is -1.75. The average molecular weight is 236 g/mol. The molecule has 1 saturated heterocycles. The van der Waals surface area contributed by atoms with Gasteiger partial charge >= 0.3 is 6.09 Å². The van der Waals surface area contributed by atoms with Crippen LogP contribution in [0, 0.1) is 0 Å². The summed E-state index contributed by atoms with van der Waals surface area (Å²) in [6.45, 7) is 2.00. The summed E-state index contributed by atoms with van der Waals surface area (Å²) in [6.07, 6.45) is -0.288. The number of hydrogen-bond donors (Lipinski definition) is 2. The van der Waals surface area contributed by atoms with E-state index in [-0.39, 0.29) is 17.8 Å². The van der Waals surface area contributed by atoms with E-state index < -0.39 is 0 Å². The van der Waals surface area contributed by atoms with E-state index in [1.165, 1.54) is 0 Å². The van der Waals surface area contributed by atoms with Crippen molar-refractivity contribution < 1.29 is 14.6 Å². The number of benzene rings is 1. The second-order valence-electron chi connectivity index (χ2n) is 4.09. The Labute approximate surface area is 99.8 Å². The molecule has 2 rings (SSSR count). The maximum absolute atomic E-state index is 11.3. The first kappa shape index (κ1) is 11.7. The fourth-order valence-electron chi connectivity index (χ4n) is 1.95. The molecule has 1 atom stereocenters. The Balaban J connectivity index is 2.08. The van der Waals surface area contributed by atoms with Crippen LogP contribution in [0.15, 0.2) is 24.3 Å². The Morgan fingerprint density at radius 2 is 2.35 bits per heavy atom. The Morgan fingerprint density at radius 1 is 1.53 bits per heavy atom. The zero-order chi connectivity index (χ0) is 12.3. The lowest BCUT2D eigenvalue weighted by atomic mass is 9.98. The molecule has 1 amide bonds. The fraction of sp³-hybridized carbons (Fsp3) is 0.417. The van der Waals surface area contributed by atoms with E-state index in [0.717, 1.165) is 5.56 Å². The van der Waals surface area contributed by atoms with Gasteiger partial charge in [0.25, 0.3) is 0 Å². The van der Waals surface area contributed by atoms with E-state index in [1.54, 1.807) is 23.1 Å². The molecular weight excluding hydrogens is 220 g/mol. The van der Waals surface area contributed by atoms with E-state index in [2.05, 4.69) is 0 Å². The van der Waals surface area contributed by atoms with Crippen molar-refractivity contribution in [2.75, 3.05) is 26.2 Å². The molecule has 5 nitrogen and oxygen atoms in total. The second kappa shape index (κ2) is 5.05. The average Bonchev–Trinajstić information content (AvgIpc) is 2.71. The highest BCUT2D eigenvalue weighted by Gasteiger charge is 2.25. The minimum Gasteiger partial charge on any atom is -0.508 e. The van der Waals surface area contributed by atoms with Crippen molar-refractivity contribution in [3.8, 4) is 5.75 Å². The summed E-state index contributed by atoms with van der Waals surface area (Å²) in [5, 5.41) is 9.42. The highest BCUT2D eigenvalue weighted by Crippen LogP contribution is 2.21. The summed E-state index contributed by atoms with van der Waals surface area (Å²) in [4.78, 5) is 13.0. The van der Waals surface area contributed by atoms with Crippen LogP contribution in [0.4, 0.5) is 4.79 Å². The minimum absolute atomic E-state index is 0.0211. The van der Waals surface area contributed by atoms with E-state index >= 15 is 0 Å². The van der Waals surface area contributed by atoms with Gasteiger partial charge in [0, 0.05) is 19.0 Å². The van der Waals surface area contributed by atoms with Crippen LogP contribution in [0.1, 0.15) is 11.5 Å². The Kier molecular flexibility index (Phi) is 3.49. The maximum atomic E-state index is 11.3. The number of amides is 1. The summed E-state index contributed by atoms with van der Waals surface area (Å²) < 4.78 is 4.87. The molecule has 1 aromatic rings. The van der Waals surface area contributed by atoms with Crippen LogP contribution in [0.3, 0.4) is 0 Å². The number of cyclic esters (lactones) is 1. The highest BCUT2D eigenvalue weighted by atomic mass is 16.6. The van der Waals surface area contributed by atoms with Gasteiger partial charge in [-0.15, -0.1) is 0 Å².